The van der Waals surface area contributed by atoms with Crippen molar-refractivity contribution in [1.82, 2.24) is 14.6 Å². The molecular formula is C6H3N4O2. The number of aromatic nitrogens is 3. The zero-order valence-electron chi connectivity index (χ0n) is 5.84. The van der Waals surface area contributed by atoms with Crippen LogP contribution in [-0.2, 0) is 0 Å². The van der Waals surface area contributed by atoms with E-state index in [0.717, 1.165) is 10.7 Å². The Morgan fingerprint density at radius 1 is 1.67 bits per heavy atom. The highest BCUT2D eigenvalue weighted by Crippen LogP contribution is 2.10. The fourth-order valence-corrected chi connectivity index (χ4v) is 0.894. The number of nitrogens with zero attached hydrogens (tertiary/aromatic N) is 4. The molecule has 1 radical (unpaired) electrons. The van der Waals surface area contributed by atoms with Crippen molar-refractivity contribution in [3.8, 4) is 0 Å². The van der Waals surface area contributed by atoms with Crippen molar-refractivity contribution in [2.45, 2.75) is 0 Å². The Bertz CT molecular complexity index is 436. The summed E-state index contributed by atoms with van der Waals surface area (Å²) in [4.78, 5) is 13.6. The first kappa shape index (κ1) is 6.71. The molecule has 0 aliphatic heterocycles. The number of nitro groups is 1. The Balaban J connectivity index is 2.79. The van der Waals surface area contributed by atoms with Gasteiger partial charge < -0.3 is 10.1 Å². The van der Waals surface area contributed by atoms with E-state index in [9.17, 15) is 10.1 Å². The molecule has 0 saturated heterocycles. The lowest BCUT2D eigenvalue weighted by Crippen LogP contribution is -1.96. The lowest BCUT2D eigenvalue weighted by Gasteiger charge is -1.88. The van der Waals surface area contributed by atoms with Gasteiger partial charge in [-0.15, -0.1) is 0 Å². The van der Waals surface area contributed by atoms with Crippen molar-refractivity contribution < 1.29 is 4.92 Å². The molecule has 0 bridgehead atoms. The molecule has 0 spiro atoms. The van der Waals surface area contributed by atoms with E-state index >= 15 is 0 Å². The summed E-state index contributed by atoms with van der Waals surface area (Å²) in [5.74, 6) is -0.151. The van der Waals surface area contributed by atoms with Gasteiger partial charge in [-0.05, 0) is 11.0 Å². The Morgan fingerprint density at radius 3 is 3.25 bits per heavy atom. The number of hydrogen-bond acceptors (Lipinski definition) is 4. The van der Waals surface area contributed by atoms with Crippen molar-refractivity contribution in [3.63, 3.8) is 0 Å². The summed E-state index contributed by atoms with van der Waals surface area (Å²) < 4.78 is 1.12. The van der Waals surface area contributed by atoms with E-state index in [1.54, 1.807) is 12.1 Å². The van der Waals surface area contributed by atoms with Gasteiger partial charge in [0, 0.05) is 6.07 Å². The minimum absolute atomic E-state index is 0.151. The van der Waals surface area contributed by atoms with Crippen LogP contribution in [0.2, 0.25) is 0 Å². The average Bonchev–Trinajstić information content (AvgIpc) is 2.47. The van der Waals surface area contributed by atoms with Crippen LogP contribution in [0.4, 0.5) is 5.82 Å². The summed E-state index contributed by atoms with van der Waals surface area (Å²) in [6.45, 7) is 0. The van der Waals surface area contributed by atoms with Gasteiger partial charge in [-0.25, -0.2) is 4.98 Å². The Kier molecular flexibility index (Phi) is 1.26. The molecule has 6 heteroatoms. The highest BCUT2D eigenvalue weighted by molar-refractivity contribution is 5.41. The van der Waals surface area contributed by atoms with Crippen LogP contribution < -0.4 is 0 Å². The molecule has 0 fully saturated rings. The van der Waals surface area contributed by atoms with Crippen molar-refractivity contribution in [1.29, 1.82) is 0 Å². The standard InChI is InChI=1S/C6H3N4O2/c11-10(12)6-4-7-5-2-1-3-8-9(5)6/h1-2,4H. The van der Waals surface area contributed by atoms with E-state index in [2.05, 4.69) is 16.3 Å². The summed E-state index contributed by atoms with van der Waals surface area (Å²) >= 11 is 0. The zero-order chi connectivity index (χ0) is 8.55. The van der Waals surface area contributed by atoms with E-state index in [4.69, 9.17) is 0 Å². The summed E-state index contributed by atoms with van der Waals surface area (Å²) in [5.41, 5.74) is 0.445. The fraction of sp³-hybridized carbons (Fsp3) is 0. The summed E-state index contributed by atoms with van der Waals surface area (Å²) in [5, 5.41) is 14.0. The first-order valence-corrected chi connectivity index (χ1v) is 3.14. The number of imidazole rings is 1. The fourth-order valence-electron chi connectivity index (χ4n) is 0.894. The first-order valence-electron chi connectivity index (χ1n) is 3.14. The largest absolute Gasteiger partial charge is 0.368 e. The SMILES string of the molecule is O=[N+]([O-])c1cnc2cc[c]nn12. The molecule has 6 nitrogen and oxygen atoms in total. The highest BCUT2D eigenvalue weighted by atomic mass is 16.6. The van der Waals surface area contributed by atoms with Gasteiger partial charge in [0.1, 0.15) is 12.4 Å². The third-order valence-corrected chi connectivity index (χ3v) is 1.40. The van der Waals surface area contributed by atoms with E-state index in [-0.39, 0.29) is 5.82 Å². The topological polar surface area (TPSA) is 73.3 Å². The van der Waals surface area contributed by atoms with Crippen LogP contribution in [0.5, 0.6) is 0 Å². The van der Waals surface area contributed by atoms with Crippen LogP contribution in [0.15, 0.2) is 18.3 Å². The molecule has 0 aliphatic carbocycles. The molecule has 2 aromatic heterocycles. The predicted molar refractivity (Wildman–Crippen MR) is 38.5 cm³/mol. The third kappa shape index (κ3) is 0.815. The maximum absolute atomic E-state index is 10.4. The third-order valence-electron chi connectivity index (χ3n) is 1.40. The van der Waals surface area contributed by atoms with Gasteiger partial charge in [-0.3, -0.25) is 0 Å². The lowest BCUT2D eigenvalue weighted by molar-refractivity contribution is -0.391. The van der Waals surface area contributed by atoms with Crippen LogP contribution in [0, 0.1) is 16.3 Å². The lowest BCUT2D eigenvalue weighted by atomic mass is 10.6. The van der Waals surface area contributed by atoms with E-state index in [0.29, 0.717) is 5.65 Å². The van der Waals surface area contributed by atoms with Crippen molar-refractivity contribution in [2.24, 2.45) is 0 Å². The van der Waals surface area contributed by atoms with Crippen LogP contribution in [0.1, 0.15) is 0 Å². The highest BCUT2D eigenvalue weighted by Gasteiger charge is 2.13. The number of fused-ring (bicyclic) bond motifs is 1. The molecule has 0 saturated carbocycles. The molecule has 2 heterocycles. The monoisotopic (exact) mass is 163 g/mol. The molecule has 0 aromatic carbocycles. The van der Waals surface area contributed by atoms with Crippen LogP contribution in [-0.4, -0.2) is 19.5 Å². The molecule has 0 amide bonds. The van der Waals surface area contributed by atoms with Gasteiger partial charge in [-0.2, -0.15) is 0 Å². The second kappa shape index (κ2) is 2.26. The molecule has 2 aromatic rings. The normalized spacial score (nSPS) is 10.3. The molecule has 0 unspecified atom stereocenters. The zero-order valence-corrected chi connectivity index (χ0v) is 5.84. The van der Waals surface area contributed by atoms with Crippen LogP contribution in [0.3, 0.4) is 0 Å². The molecule has 0 aliphatic rings. The second-order valence-electron chi connectivity index (χ2n) is 2.11. The second-order valence-corrected chi connectivity index (χ2v) is 2.11. The minimum Gasteiger partial charge on any atom is -0.358 e. The summed E-state index contributed by atoms with van der Waals surface area (Å²) in [6, 6.07) is 3.14. The number of hydrogen-bond donors (Lipinski definition) is 0. The van der Waals surface area contributed by atoms with Crippen LogP contribution >= 0.6 is 0 Å². The Hall–Kier alpha value is -1.98. The van der Waals surface area contributed by atoms with Gasteiger partial charge >= 0.3 is 5.82 Å². The molecule has 2 rings (SSSR count). The van der Waals surface area contributed by atoms with Gasteiger partial charge in [0.05, 0.1) is 0 Å². The van der Waals surface area contributed by atoms with Crippen LogP contribution in [0.25, 0.3) is 5.65 Å². The molecule has 0 atom stereocenters. The van der Waals surface area contributed by atoms with Crippen molar-refractivity contribution in [2.75, 3.05) is 0 Å². The molecule has 59 valence electrons. The van der Waals surface area contributed by atoms with Crippen molar-refractivity contribution >= 4 is 11.5 Å². The quantitative estimate of drug-likeness (QED) is 0.451. The summed E-state index contributed by atoms with van der Waals surface area (Å²) in [6.07, 6.45) is 3.65. The van der Waals surface area contributed by atoms with Gasteiger partial charge in [-0.1, -0.05) is 9.61 Å². The van der Waals surface area contributed by atoms with Crippen molar-refractivity contribution in [3.05, 3.63) is 34.6 Å². The van der Waals surface area contributed by atoms with E-state index in [1.165, 1.54) is 0 Å². The average molecular weight is 163 g/mol. The first-order chi connectivity index (χ1) is 5.79. The maximum atomic E-state index is 10.4. The van der Waals surface area contributed by atoms with E-state index in [1.807, 2.05) is 0 Å². The summed E-state index contributed by atoms with van der Waals surface area (Å²) in [7, 11) is 0. The number of rotatable bonds is 1. The van der Waals surface area contributed by atoms with E-state index < -0.39 is 4.92 Å². The smallest absolute Gasteiger partial charge is 0.358 e. The molecule has 12 heavy (non-hydrogen) atoms. The van der Waals surface area contributed by atoms with Gasteiger partial charge in [0.25, 0.3) is 0 Å². The van der Waals surface area contributed by atoms with Gasteiger partial charge in [0.2, 0.25) is 5.65 Å². The Morgan fingerprint density at radius 2 is 2.50 bits per heavy atom. The Labute approximate surface area is 66.6 Å². The molecular weight excluding hydrogens is 160 g/mol. The molecule has 0 N–H and O–H groups in total. The maximum Gasteiger partial charge on any atom is 0.368 e. The predicted octanol–water partition coefficient (Wildman–Crippen LogP) is 0.438. The minimum atomic E-state index is -0.541. The van der Waals surface area contributed by atoms with Gasteiger partial charge in [0.15, 0.2) is 0 Å².